The lowest BCUT2D eigenvalue weighted by atomic mass is 9.83. The van der Waals surface area contributed by atoms with Crippen molar-refractivity contribution < 1.29 is 13.9 Å². The van der Waals surface area contributed by atoms with Crippen molar-refractivity contribution in [3.05, 3.63) is 70.4 Å². The summed E-state index contributed by atoms with van der Waals surface area (Å²) in [6.07, 6.45) is 8.99. The van der Waals surface area contributed by atoms with Gasteiger partial charge in [0, 0.05) is 22.4 Å². The number of unbranched alkanes of at least 4 members (excludes halogenated alkanes) is 1. The first-order valence-electron chi connectivity index (χ1n) is 12.7. The number of hydrogen-bond acceptors (Lipinski definition) is 4. The van der Waals surface area contributed by atoms with E-state index in [1.165, 1.54) is 19.0 Å². The molecule has 36 heavy (non-hydrogen) atoms. The highest BCUT2D eigenvalue weighted by Gasteiger charge is 2.30. The van der Waals surface area contributed by atoms with Crippen LogP contribution in [0, 0.1) is 11.9 Å². The topological polar surface area (TPSA) is 67.9 Å². The van der Waals surface area contributed by atoms with Gasteiger partial charge < -0.3 is 4.74 Å². The molecule has 0 spiro atoms. The molecule has 0 amide bonds. The monoisotopic (exact) mass is 511 g/mol. The van der Waals surface area contributed by atoms with Crippen molar-refractivity contribution in [3.8, 4) is 17.0 Å². The van der Waals surface area contributed by atoms with Crippen molar-refractivity contribution in [2.75, 3.05) is 6.61 Å². The fraction of sp³-hybridized carbons (Fsp3) is 0.414. The molecule has 0 aliphatic carbocycles. The number of nitrogens with zero attached hydrogens (tertiary/aromatic N) is 2. The minimum atomic E-state index is -0.528. The fourth-order valence-corrected chi connectivity index (χ4v) is 4.30. The van der Waals surface area contributed by atoms with Gasteiger partial charge in [0.05, 0.1) is 30.0 Å². The number of aromatic amines is 1. The number of rotatable bonds is 7. The standard InChI is InChI=1S/C25H25ClFN3O2.C4H10/c1-4-14(3)19-10-22(21-12-29-30-25(21)27)28-11-20(19)18(5-2)24(31)16-8-15-9-17(26)6-7-23(15)32-13-16;1-3-4-2/h5-7,9-12,14,16H,4,8,13H2,1-3H3,(H,29,30);3-4H2,1-2H3/b18-5+;. The number of allylic oxidation sites excluding steroid dienone is 2. The van der Waals surface area contributed by atoms with Crippen molar-refractivity contribution in [2.24, 2.45) is 5.92 Å². The number of fused-ring (bicyclic) bond motifs is 1. The highest BCUT2D eigenvalue weighted by Crippen LogP contribution is 2.36. The van der Waals surface area contributed by atoms with E-state index in [1.807, 2.05) is 31.2 Å². The number of aromatic nitrogens is 3. The molecule has 4 rings (SSSR count). The van der Waals surface area contributed by atoms with E-state index < -0.39 is 5.95 Å². The summed E-state index contributed by atoms with van der Waals surface area (Å²) in [7, 11) is 0. The second-order valence-electron chi connectivity index (χ2n) is 9.09. The minimum Gasteiger partial charge on any atom is -0.493 e. The van der Waals surface area contributed by atoms with E-state index in [2.05, 4.69) is 42.9 Å². The first kappa shape index (κ1) is 27.6. The summed E-state index contributed by atoms with van der Waals surface area (Å²) in [5.41, 5.74) is 4.07. The number of benzene rings is 1. The quantitative estimate of drug-likeness (QED) is 0.328. The molecule has 0 bridgehead atoms. The number of nitrogens with one attached hydrogen (secondary N) is 1. The first-order valence-corrected chi connectivity index (χ1v) is 13.0. The Kier molecular flexibility index (Phi) is 9.82. The van der Waals surface area contributed by atoms with Crippen LogP contribution in [0.4, 0.5) is 4.39 Å². The molecule has 7 heteroatoms. The summed E-state index contributed by atoms with van der Waals surface area (Å²) in [4.78, 5) is 18.0. The Morgan fingerprint density at radius 3 is 2.61 bits per heavy atom. The van der Waals surface area contributed by atoms with Crippen molar-refractivity contribution in [3.63, 3.8) is 0 Å². The summed E-state index contributed by atoms with van der Waals surface area (Å²) in [5.74, 6) is 0.0922. The number of carbonyl (C=O) groups excluding carboxylic acids is 1. The molecular weight excluding hydrogens is 477 g/mol. The Bertz CT molecular complexity index is 1220. The predicted molar refractivity (Wildman–Crippen MR) is 144 cm³/mol. The van der Waals surface area contributed by atoms with Gasteiger partial charge in [0.1, 0.15) is 5.75 Å². The Morgan fingerprint density at radius 1 is 1.25 bits per heavy atom. The number of ketones is 1. The molecule has 0 radical (unpaired) electrons. The van der Waals surface area contributed by atoms with Crippen LogP contribution in [0.5, 0.6) is 5.75 Å². The van der Waals surface area contributed by atoms with Crippen LogP contribution in [0.2, 0.25) is 5.02 Å². The molecule has 1 aromatic carbocycles. The van der Waals surface area contributed by atoms with Crippen LogP contribution in [-0.4, -0.2) is 27.6 Å². The fourth-order valence-electron chi connectivity index (χ4n) is 4.10. The van der Waals surface area contributed by atoms with Gasteiger partial charge in [-0.1, -0.05) is 58.2 Å². The average Bonchev–Trinajstić information content (AvgIpc) is 3.34. The number of halogens is 2. The average molecular weight is 512 g/mol. The van der Waals surface area contributed by atoms with Crippen molar-refractivity contribution in [2.45, 2.75) is 66.2 Å². The van der Waals surface area contributed by atoms with Crippen LogP contribution in [0.15, 0.2) is 42.7 Å². The highest BCUT2D eigenvalue weighted by atomic mass is 35.5. The van der Waals surface area contributed by atoms with Crippen LogP contribution in [-0.2, 0) is 11.2 Å². The van der Waals surface area contributed by atoms with Gasteiger partial charge in [0.25, 0.3) is 0 Å². The van der Waals surface area contributed by atoms with Crippen LogP contribution >= 0.6 is 11.6 Å². The summed E-state index contributed by atoms with van der Waals surface area (Å²) in [6, 6.07) is 7.34. The maximum absolute atomic E-state index is 14.0. The maximum atomic E-state index is 14.0. The zero-order valence-electron chi connectivity index (χ0n) is 21.7. The van der Waals surface area contributed by atoms with E-state index in [1.54, 1.807) is 12.3 Å². The highest BCUT2D eigenvalue weighted by molar-refractivity contribution is 6.30. The second-order valence-corrected chi connectivity index (χ2v) is 9.53. The molecule has 0 saturated heterocycles. The number of carbonyl (C=O) groups is 1. The molecule has 1 N–H and O–H groups in total. The van der Waals surface area contributed by atoms with Crippen LogP contribution in [0.1, 0.15) is 76.5 Å². The summed E-state index contributed by atoms with van der Waals surface area (Å²) >= 11 is 6.14. The van der Waals surface area contributed by atoms with Gasteiger partial charge in [-0.05, 0) is 61.1 Å². The van der Waals surface area contributed by atoms with Crippen molar-refractivity contribution in [1.82, 2.24) is 15.2 Å². The predicted octanol–water partition coefficient (Wildman–Crippen LogP) is 7.81. The number of H-pyrrole nitrogens is 1. The molecule has 1 aliphatic heterocycles. The molecule has 2 unspecified atom stereocenters. The lowest BCUT2D eigenvalue weighted by Crippen LogP contribution is -2.29. The summed E-state index contributed by atoms with van der Waals surface area (Å²) in [5, 5.41) is 6.68. The van der Waals surface area contributed by atoms with Gasteiger partial charge >= 0.3 is 0 Å². The van der Waals surface area contributed by atoms with E-state index in [0.29, 0.717) is 34.9 Å². The number of hydrogen-bond donors (Lipinski definition) is 1. The zero-order valence-corrected chi connectivity index (χ0v) is 22.5. The third-order valence-corrected chi connectivity index (χ3v) is 6.83. The lowest BCUT2D eigenvalue weighted by molar-refractivity contribution is -0.118. The normalized spacial score (nSPS) is 15.9. The molecular formula is C29H35ClFN3O2. The molecule has 0 saturated carbocycles. The van der Waals surface area contributed by atoms with E-state index in [4.69, 9.17) is 16.3 Å². The van der Waals surface area contributed by atoms with E-state index >= 15 is 0 Å². The van der Waals surface area contributed by atoms with Crippen LogP contribution < -0.4 is 4.74 Å². The van der Waals surface area contributed by atoms with Gasteiger partial charge in [0.15, 0.2) is 5.78 Å². The van der Waals surface area contributed by atoms with Gasteiger partial charge in [0.2, 0.25) is 5.95 Å². The Labute approximate surface area is 218 Å². The minimum absolute atomic E-state index is 0.00622. The number of ether oxygens (including phenoxy) is 1. The van der Waals surface area contributed by atoms with Gasteiger partial charge in [-0.25, -0.2) is 0 Å². The van der Waals surface area contributed by atoms with E-state index in [0.717, 1.165) is 28.9 Å². The lowest BCUT2D eigenvalue weighted by Gasteiger charge is -2.26. The van der Waals surface area contributed by atoms with Crippen LogP contribution in [0.25, 0.3) is 16.8 Å². The van der Waals surface area contributed by atoms with Crippen molar-refractivity contribution in [1.29, 1.82) is 0 Å². The largest absolute Gasteiger partial charge is 0.493 e. The van der Waals surface area contributed by atoms with Crippen LogP contribution in [0.3, 0.4) is 0 Å². The van der Waals surface area contributed by atoms with Gasteiger partial charge in [-0.2, -0.15) is 9.49 Å². The molecule has 5 nitrogen and oxygen atoms in total. The van der Waals surface area contributed by atoms with Gasteiger partial charge in [-0.3, -0.25) is 14.9 Å². The zero-order chi connectivity index (χ0) is 26.2. The first-order chi connectivity index (χ1) is 17.3. The second kappa shape index (κ2) is 12.8. The third-order valence-electron chi connectivity index (χ3n) is 6.59. The smallest absolute Gasteiger partial charge is 0.218 e. The summed E-state index contributed by atoms with van der Waals surface area (Å²) < 4.78 is 19.9. The molecule has 0 fully saturated rings. The number of pyridine rings is 1. The Morgan fingerprint density at radius 2 is 2.00 bits per heavy atom. The molecule has 192 valence electrons. The van der Waals surface area contributed by atoms with Gasteiger partial charge in [-0.15, -0.1) is 0 Å². The molecule has 1 aliphatic rings. The van der Waals surface area contributed by atoms with E-state index in [9.17, 15) is 9.18 Å². The molecule has 3 aromatic rings. The SMILES string of the molecule is C/C=C(/C(=O)C1COc2ccc(Cl)cc2C1)c1cnc(-c2cn[nH]c2F)cc1C(C)CC.CCCC. The molecule has 2 atom stereocenters. The number of Topliss-reactive ketones (excluding diaryl/α,β-unsaturated/α-hetero) is 1. The Hall–Kier alpha value is -2.99. The maximum Gasteiger partial charge on any atom is 0.218 e. The van der Waals surface area contributed by atoms with Crippen molar-refractivity contribution >= 4 is 23.0 Å². The third kappa shape index (κ3) is 6.22. The molecule has 3 heterocycles. The Balaban J connectivity index is 0.000000840. The van der Waals surface area contributed by atoms with E-state index in [-0.39, 0.29) is 17.6 Å². The molecule has 2 aromatic heterocycles. The summed E-state index contributed by atoms with van der Waals surface area (Å²) in [6.45, 7) is 10.7.